The van der Waals surface area contributed by atoms with Crippen LogP contribution in [0.2, 0.25) is 0 Å². The smallest absolute Gasteiger partial charge is 0.406 e. The predicted molar refractivity (Wildman–Crippen MR) is 88.8 cm³/mol. The Kier molecular flexibility index (Phi) is 7.02. The highest BCUT2D eigenvalue weighted by molar-refractivity contribution is 7.89. The maximum atomic E-state index is 12.1. The molecule has 7 nitrogen and oxygen atoms in total. The van der Waals surface area contributed by atoms with E-state index in [4.69, 9.17) is 5.73 Å². The predicted octanol–water partition coefficient (Wildman–Crippen LogP) is 1.31. The van der Waals surface area contributed by atoms with E-state index in [1.54, 1.807) is 0 Å². The van der Waals surface area contributed by atoms with Crippen LogP contribution in [0.25, 0.3) is 0 Å². The molecule has 0 aliphatic rings. The number of nitrogens with two attached hydrogens (primary N) is 1. The maximum absolute atomic E-state index is 12.1. The van der Waals surface area contributed by atoms with Crippen molar-refractivity contribution in [1.29, 1.82) is 0 Å². The third-order valence-corrected chi connectivity index (χ3v) is 4.84. The first kappa shape index (κ1) is 22.2. The summed E-state index contributed by atoms with van der Waals surface area (Å²) in [6.07, 6.45) is -4.87. The van der Waals surface area contributed by atoms with Crippen LogP contribution in [0.4, 0.5) is 13.2 Å². The third kappa shape index (κ3) is 7.18. The molecule has 0 aromatic heterocycles. The van der Waals surface area contributed by atoms with Gasteiger partial charge >= 0.3 is 6.36 Å². The molecule has 0 unspecified atom stereocenters. The number of nitrogens with one attached hydrogen (secondary N) is 1. The topological polar surface area (TPSA) is 102 Å². The quantitative estimate of drug-likeness (QED) is 0.689. The number of hydrogen-bond acceptors (Lipinski definition) is 5. The lowest BCUT2D eigenvalue weighted by Crippen LogP contribution is -2.44. The first-order valence-corrected chi connectivity index (χ1v) is 9.03. The zero-order valence-electron chi connectivity index (χ0n) is 14.6. The van der Waals surface area contributed by atoms with E-state index in [0.29, 0.717) is 13.1 Å². The summed E-state index contributed by atoms with van der Waals surface area (Å²) in [5.41, 5.74) is 5.27. The molecule has 0 aliphatic heterocycles. The number of alkyl halides is 3. The summed E-state index contributed by atoms with van der Waals surface area (Å²) < 4.78 is 66.4. The maximum Gasteiger partial charge on any atom is 0.573 e. The first-order chi connectivity index (χ1) is 11.8. The number of ether oxygens (including phenoxy) is 1. The van der Waals surface area contributed by atoms with Crippen LogP contribution in [0.1, 0.15) is 13.8 Å². The molecule has 26 heavy (non-hydrogen) atoms. The van der Waals surface area contributed by atoms with Crippen LogP contribution in [0, 0.1) is 5.41 Å². The summed E-state index contributed by atoms with van der Waals surface area (Å²) in [6.45, 7) is 3.94. The summed E-state index contributed by atoms with van der Waals surface area (Å²) in [6, 6.07) is 3.66. The van der Waals surface area contributed by atoms with Gasteiger partial charge in [0, 0.05) is 13.6 Å². The van der Waals surface area contributed by atoms with Crippen molar-refractivity contribution in [3.05, 3.63) is 24.3 Å². The highest BCUT2D eigenvalue weighted by atomic mass is 32.2. The van der Waals surface area contributed by atoms with Crippen molar-refractivity contribution >= 4 is 15.9 Å². The molecule has 0 atom stereocenters. The monoisotopic (exact) mass is 397 g/mol. The number of benzene rings is 1. The van der Waals surface area contributed by atoms with Crippen molar-refractivity contribution < 1.29 is 31.1 Å². The Morgan fingerprint density at radius 1 is 1.23 bits per heavy atom. The van der Waals surface area contributed by atoms with Gasteiger partial charge in [-0.15, -0.1) is 13.2 Å². The van der Waals surface area contributed by atoms with E-state index in [2.05, 4.69) is 9.46 Å². The molecular formula is C15H22F3N3O4S. The molecule has 0 bridgehead atoms. The SMILES string of the molecule is CN(CC(C)(C)CN)C(=O)CNS(=O)(=O)c1ccc(OC(F)(F)F)cc1. The zero-order chi connectivity index (χ0) is 20.2. The Bertz CT molecular complexity index is 719. The molecule has 1 aromatic rings. The Balaban J connectivity index is 2.70. The lowest BCUT2D eigenvalue weighted by Gasteiger charge is -2.29. The lowest BCUT2D eigenvalue weighted by atomic mass is 9.93. The summed E-state index contributed by atoms with van der Waals surface area (Å²) in [5.74, 6) is -1.01. The average molecular weight is 397 g/mol. The van der Waals surface area contributed by atoms with Crippen LogP contribution in [-0.2, 0) is 14.8 Å². The Morgan fingerprint density at radius 3 is 2.23 bits per heavy atom. The molecule has 3 N–H and O–H groups in total. The Labute approximate surface area is 150 Å². The van der Waals surface area contributed by atoms with E-state index in [0.717, 1.165) is 24.3 Å². The van der Waals surface area contributed by atoms with Gasteiger partial charge in [0.2, 0.25) is 15.9 Å². The summed E-state index contributed by atoms with van der Waals surface area (Å²) in [5, 5.41) is 0. The number of nitrogens with zero attached hydrogens (tertiary/aromatic N) is 1. The van der Waals surface area contributed by atoms with Gasteiger partial charge in [-0.1, -0.05) is 13.8 Å². The van der Waals surface area contributed by atoms with Crippen LogP contribution in [0.5, 0.6) is 5.75 Å². The summed E-state index contributed by atoms with van der Waals surface area (Å²) >= 11 is 0. The number of amides is 1. The van der Waals surface area contributed by atoms with E-state index in [9.17, 15) is 26.4 Å². The molecule has 0 saturated heterocycles. The minimum Gasteiger partial charge on any atom is -0.406 e. The number of sulfonamides is 1. The molecule has 0 heterocycles. The van der Waals surface area contributed by atoms with Gasteiger partial charge < -0.3 is 15.4 Å². The minimum atomic E-state index is -4.87. The van der Waals surface area contributed by atoms with E-state index in [1.165, 1.54) is 11.9 Å². The fourth-order valence-corrected chi connectivity index (χ4v) is 2.96. The van der Waals surface area contributed by atoms with E-state index in [1.807, 2.05) is 13.8 Å². The van der Waals surface area contributed by atoms with E-state index < -0.39 is 34.6 Å². The molecule has 148 valence electrons. The van der Waals surface area contributed by atoms with Gasteiger partial charge in [-0.25, -0.2) is 13.1 Å². The highest BCUT2D eigenvalue weighted by Gasteiger charge is 2.31. The second-order valence-electron chi connectivity index (χ2n) is 6.46. The van der Waals surface area contributed by atoms with Crippen molar-refractivity contribution in [1.82, 2.24) is 9.62 Å². The summed E-state index contributed by atoms with van der Waals surface area (Å²) in [4.78, 5) is 13.1. The van der Waals surface area contributed by atoms with Gasteiger partial charge in [-0.05, 0) is 36.2 Å². The number of carbonyl (C=O) groups is 1. The number of likely N-dealkylation sites (N-methyl/N-ethyl adjacent to an activating group) is 1. The van der Waals surface area contributed by atoms with Crippen LogP contribution >= 0.6 is 0 Å². The van der Waals surface area contributed by atoms with Crippen LogP contribution in [0.3, 0.4) is 0 Å². The van der Waals surface area contributed by atoms with E-state index >= 15 is 0 Å². The van der Waals surface area contributed by atoms with Crippen LogP contribution in [-0.4, -0.2) is 52.3 Å². The zero-order valence-corrected chi connectivity index (χ0v) is 15.4. The van der Waals surface area contributed by atoms with Crippen molar-refractivity contribution in [3.8, 4) is 5.75 Å². The molecule has 0 spiro atoms. The second-order valence-corrected chi connectivity index (χ2v) is 8.23. The van der Waals surface area contributed by atoms with Crippen LogP contribution < -0.4 is 15.2 Å². The van der Waals surface area contributed by atoms with Crippen molar-refractivity contribution in [2.24, 2.45) is 11.1 Å². The largest absolute Gasteiger partial charge is 0.573 e. The van der Waals surface area contributed by atoms with Gasteiger partial charge in [-0.3, -0.25) is 4.79 Å². The lowest BCUT2D eigenvalue weighted by molar-refractivity contribution is -0.274. The van der Waals surface area contributed by atoms with Crippen LogP contribution in [0.15, 0.2) is 29.2 Å². The van der Waals surface area contributed by atoms with Gasteiger partial charge in [0.1, 0.15) is 5.75 Å². The normalized spacial score (nSPS) is 12.7. The van der Waals surface area contributed by atoms with Gasteiger partial charge in [0.25, 0.3) is 0 Å². The molecule has 1 rings (SSSR count). The van der Waals surface area contributed by atoms with Crippen molar-refractivity contribution in [2.75, 3.05) is 26.7 Å². The highest BCUT2D eigenvalue weighted by Crippen LogP contribution is 2.23. The van der Waals surface area contributed by atoms with Gasteiger partial charge in [0.15, 0.2) is 0 Å². The molecule has 1 aromatic carbocycles. The molecule has 0 aliphatic carbocycles. The Morgan fingerprint density at radius 2 is 1.77 bits per heavy atom. The molecular weight excluding hydrogens is 375 g/mol. The fraction of sp³-hybridized carbons (Fsp3) is 0.533. The minimum absolute atomic E-state index is 0.287. The molecule has 0 radical (unpaired) electrons. The molecule has 11 heteroatoms. The van der Waals surface area contributed by atoms with E-state index in [-0.39, 0.29) is 10.3 Å². The summed E-state index contributed by atoms with van der Waals surface area (Å²) in [7, 11) is -2.53. The Hall–Kier alpha value is -1.85. The van der Waals surface area contributed by atoms with Gasteiger partial charge in [-0.2, -0.15) is 0 Å². The van der Waals surface area contributed by atoms with Crippen molar-refractivity contribution in [2.45, 2.75) is 25.1 Å². The number of carbonyl (C=O) groups excluding carboxylic acids is 1. The third-order valence-electron chi connectivity index (χ3n) is 3.42. The number of rotatable bonds is 8. The number of halogens is 3. The second kappa shape index (κ2) is 8.23. The first-order valence-electron chi connectivity index (χ1n) is 7.55. The van der Waals surface area contributed by atoms with Gasteiger partial charge in [0.05, 0.1) is 11.4 Å². The fourth-order valence-electron chi connectivity index (χ4n) is 1.99. The molecule has 0 fully saturated rings. The molecule has 1 amide bonds. The average Bonchev–Trinajstić information content (AvgIpc) is 2.51. The standard InChI is InChI=1S/C15H22F3N3O4S/c1-14(2,9-19)10-21(3)13(22)8-20-26(23,24)12-6-4-11(5-7-12)25-15(16,17)18/h4-7,20H,8-10,19H2,1-3H3. The molecule has 0 saturated carbocycles. The number of hydrogen-bond donors (Lipinski definition) is 2. The van der Waals surface area contributed by atoms with Crippen molar-refractivity contribution in [3.63, 3.8) is 0 Å².